The number of aromatic nitrogens is 2. The maximum absolute atomic E-state index is 14.2. The van der Waals surface area contributed by atoms with Crippen molar-refractivity contribution in [1.82, 2.24) is 25.5 Å². The molecule has 4 aliphatic rings. The van der Waals surface area contributed by atoms with E-state index in [1.807, 2.05) is 30.3 Å². The molecular weight excluding hydrogens is 829 g/mol. The van der Waals surface area contributed by atoms with Gasteiger partial charge in [-0.15, -0.1) is 0 Å². The molecule has 65 heavy (non-hydrogen) atoms. The Balaban J connectivity index is 0.937. The lowest BCUT2D eigenvalue weighted by atomic mass is 9.82. The Morgan fingerprint density at radius 1 is 0.923 bits per heavy atom. The van der Waals surface area contributed by atoms with Crippen LogP contribution in [-0.2, 0) is 41.6 Å². The van der Waals surface area contributed by atoms with Gasteiger partial charge in [-0.2, -0.15) is 0 Å². The zero-order valence-corrected chi connectivity index (χ0v) is 37.2. The van der Waals surface area contributed by atoms with Gasteiger partial charge in [-0.05, 0) is 89.0 Å². The minimum absolute atomic E-state index is 0.0224. The van der Waals surface area contributed by atoms with E-state index in [1.165, 1.54) is 21.3 Å². The van der Waals surface area contributed by atoms with Gasteiger partial charge in [0.25, 0.3) is 0 Å². The monoisotopic (exact) mass is 882 g/mol. The van der Waals surface area contributed by atoms with Crippen LogP contribution in [0, 0.1) is 17.8 Å². The number of benzene rings is 4. The molecule has 1 aliphatic carbocycles. The summed E-state index contributed by atoms with van der Waals surface area (Å²) in [5, 5.41) is 7.60. The number of rotatable bonds is 13. The maximum Gasteiger partial charge on any atom is 0.407 e. The molecule has 3 amide bonds. The number of nitrogens with zero attached hydrogens (tertiary/aromatic N) is 3. The average molecular weight is 883 g/mol. The summed E-state index contributed by atoms with van der Waals surface area (Å²) in [7, 11) is 5.70. The van der Waals surface area contributed by atoms with Gasteiger partial charge in [-0.3, -0.25) is 14.6 Å². The summed E-state index contributed by atoms with van der Waals surface area (Å²) < 4.78 is 27.2. The number of aliphatic imine (C=N–C) groups is 1. The minimum atomic E-state index is -0.960. The van der Waals surface area contributed by atoms with E-state index in [4.69, 9.17) is 33.7 Å². The highest BCUT2D eigenvalue weighted by molar-refractivity contribution is 6.06. The quantitative estimate of drug-likeness (QED) is 0.106. The highest BCUT2D eigenvalue weighted by Gasteiger charge is 2.43. The fraction of sp³-hybridized carbons (Fsp3) is 0.400. The fourth-order valence-corrected chi connectivity index (χ4v) is 10.3. The van der Waals surface area contributed by atoms with Gasteiger partial charge < -0.3 is 44.2 Å². The Morgan fingerprint density at radius 2 is 1.72 bits per heavy atom. The van der Waals surface area contributed by atoms with Gasteiger partial charge in [-0.1, -0.05) is 55.0 Å². The number of fused-ring (bicyclic) bond motifs is 6. The molecule has 5 aromatic rings. The van der Waals surface area contributed by atoms with Crippen molar-refractivity contribution in [2.24, 2.45) is 22.7 Å². The molecular formula is C50H54N6O9. The lowest BCUT2D eigenvalue weighted by molar-refractivity contribution is -0.137. The first-order valence-electron chi connectivity index (χ1n) is 22.2. The van der Waals surface area contributed by atoms with Crippen LogP contribution in [-0.4, -0.2) is 98.2 Å². The molecule has 1 unspecified atom stereocenters. The Hall–Kier alpha value is -6.58. The van der Waals surface area contributed by atoms with Gasteiger partial charge in [0, 0.05) is 56.2 Å². The molecule has 0 bridgehead atoms. The van der Waals surface area contributed by atoms with E-state index in [-0.39, 0.29) is 35.5 Å². The normalized spacial score (nSPS) is 21.0. The standard InChI is InChI=1S/C50H54N6O9/c1-27(62-3)44(54-49(59)63-4)48(58)56-24-28(25-61-2)18-42(56)47-51-23-41(53-47)31-14-16-33-32(19-31)26-65-43-22-36-30(20-38(33)43)15-17-39-37(36)21-40(52-39)34-12-9-13-35(34)46(57)45(55-50(60)64-5)29-10-7-6-8-11-29/h6-8,10-11,14-17,19-20,22-23,27-28,34-35,42,44-45H,9,12-13,18,21,24-26H2,1-5H3,(H,51,53)(H,54,59)(H,55,60)/t27-,28+,34-,35?,42+,44+,45-/m1/s1. The van der Waals surface area contributed by atoms with Crippen LogP contribution < -0.4 is 15.4 Å². The van der Waals surface area contributed by atoms with Gasteiger partial charge in [0.15, 0.2) is 5.78 Å². The third-order valence-electron chi connectivity index (χ3n) is 13.6. The molecule has 1 aromatic heterocycles. The molecule has 15 nitrogen and oxygen atoms in total. The van der Waals surface area contributed by atoms with Crippen LogP contribution in [0.5, 0.6) is 5.75 Å². The summed E-state index contributed by atoms with van der Waals surface area (Å²) in [5.74, 6) is 0.884. The first-order valence-corrected chi connectivity index (χ1v) is 22.2. The van der Waals surface area contributed by atoms with Crippen molar-refractivity contribution in [3.05, 3.63) is 102 Å². The van der Waals surface area contributed by atoms with Gasteiger partial charge in [0.05, 0.1) is 50.6 Å². The number of carbonyl (C=O) groups excluding carboxylic acids is 4. The maximum atomic E-state index is 14.2. The minimum Gasteiger partial charge on any atom is -0.488 e. The van der Waals surface area contributed by atoms with E-state index in [0.717, 1.165) is 86.3 Å². The smallest absolute Gasteiger partial charge is 0.407 e. The van der Waals surface area contributed by atoms with E-state index in [0.29, 0.717) is 38.4 Å². The second-order valence-corrected chi connectivity index (χ2v) is 17.4. The number of Topliss-reactive ketones (excluding diaryl/α,β-unsaturated/α-hetero) is 1. The molecule has 3 N–H and O–H groups in total. The third-order valence-corrected chi connectivity index (χ3v) is 13.6. The summed E-state index contributed by atoms with van der Waals surface area (Å²) >= 11 is 0. The lowest BCUT2D eigenvalue weighted by Crippen LogP contribution is -2.54. The first kappa shape index (κ1) is 43.7. The number of imidazole rings is 1. The van der Waals surface area contributed by atoms with Crippen molar-refractivity contribution in [1.29, 1.82) is 0 Å². The molecule has 0 radical (unpaired) electrons. The summed E-state index contributed by atoms with van der Waals surface area (Å²) in [4.78, 5) is 68.1. The Morgan fingerprint density at radius 3 is 2.49 bits per heavy atom. The molecule has 1 saturated heterocycles. The van der Waals surface area contributed by atoms with Crippen LogP contribution in [0.4, 0.5) is 15.3 Å². The molecule has 0 spiro atoms. The number of alkyl carbamates (subject to hydrolysis) is 2. The number of nitrogens with one attached hydrogen (secondary N) is 3. The van der Waals surface area contributed by atoms with Crippen molar-refractivity contribution in [2.75, 3.05) is 41.6 Å². The summed E-state index contributed by atoms with van der Waals surface area (Å²) in [6, 6.07) is 22.0. The van der Waals surface area contributed by atoms with Gasteiger partial charge >= 0.3 is 12.2 Å². The van der Waals surface area contributed by atoms with E-state index in [2.05, 4.69) is 58.1 Å². The fourth-order valence-electron chi connectivity index (χ4n) is 10.3. The van der Waals surface area contributed by atoms with Gasteiger partial charge in [-0.25, -0.2) is 14.6 Å². The predicted molar refractivity (Wildman–Crippen MR) is 243 cm³/mol. The average Bonchev–Trinajstić information content (AvgIpc) is 4.18. The van der Waals surface area contributed by atoms with Crippen LogP contribution >= 0.6 is 0 Å². The lowest BCUT2D eigenvalue weighted by Gasteiger charge is -2.30. The van der Waals surface area contributed by atoms with E-state index in [9.17, 15) is 19.2 Å². The van der Waals surface area contributed by atoms with Crippen molar-refractivity contribution in [2.45, 2.75) is 69.9 Å². The molecule has 4 heterocycles. The van der Waals surface area contributed by atoms with Crippen molar-refractivity contribution < 1.29 is 42.9 Å². The van der Waals surface area contributed by atoms with Crippen molar-refractivity contribution in [3.8, 4) is 28.1 Å². The highest BCUT2D eigenvalue weighted by Crippen LogP contribution is 2.47. The molecule has 2 fully saturated rings. The molecule has 15 heteroatoms. The zero-order valence-electron chi connectivity index (χ0n) is 37.2. The largest absolute Gasteiger partial charge is 0.488 e. The Bertz CT molecular complexity index is 2660. The van der Waals surface area contributed by atoms with Crippen LogP contribution in [0.1, 0.15) is 67.2 Å². The summed E-state index contributed by atoms with van der Waals surface area (Å²) in [6.07, 6.45) is 3.60. The number of aromatic amines is 1. The second-order valence-electron chi connectivity index (χ2n) is 17.4. The van der Waals surface area contributed by atoms with E-state index in [1.54, 1.807) is 25.1 Å². The number of ether oxygens (including phenoxy) is 5. The number of likely N-dealkylation sites (tertiary alicyclic amines) is 1. The van der Waals surface area contributed by atoms with Crippen LogP contribution in [0.15, 0.2) is 84.0 Å². The summed E-state index contributed by atoms with van der Waals surface area (Å²) in [6.45, 7) is 3.01. The molecule has 9 rings (SSSR count). The molecule has 7 atom stereocenters. The molecule has 1 saturated carbocycles. The van der Waals surface area contributed by atoms with Crippen molar-refractivity contribution >= 4 is 46.0 Å². The molecule has 3 aliphatic heterocycles. The van der Waals surface area contributed by atoms with E-state index < -0.39 is 30.4 Å². The molecule has 4 aromatic carbocycles. The Labute approximate surface area is 377 Å². The number of carbonyl (C=O) groups is 4. The number of ketones is 1. The van der Waals surface area contributed by atoms with Crippen molar-refractivity contribution in [3.63, 3.8) is 0 Å². The predicted octanol–water partition coefficient (Wildman–Crippen LogP) is 7.80. The SMILES string of the molecule is COC[C@H]1C[C@@H](c2ncc(-c3ccc4c(c3)COc3cc5c6c(ccc5cc3-4)N=C([C@@H]3CCCC3C(=O)[C@H](NC(=O)OC)c3ccccc3)C6)[nH]2)N(C(=O)[C@@H](NC(=O)OC)[C@@H](C)OC)C1. The second kappa shape index (κ2) is 18.5. The highest BCUT2D eigenvalue weighted by atomic mass is 16.5. The number of amides is 3. The van der Waals surface area contributed by atoms with Crippen LogP contribution in [0.3, 0.4) is 0 Å². The zero-order chi connectivity index (χ0) is 45.4. The number of hydrogen-bond acceptors (Lipinski definition) is 11. The number of methoxy groups -OCH3 is 4. The van der Waals surface area contributed by atoms with Crippen LogP contribution in [0.2, 0.25) is 0 Å². The topological polar surface area (TPSA) is 183 Å². The van der Waals surface area contributed by atoms with Gasteiger partial charge in [0.1, 0.15) is 30.3 Å². The van der Waals surface area contributed by atoms with Crippen LogP contribution in [0.25, 0.3) is 33.2 Å². The van der Waals surface area contributed by atoms with E-state index >= 15 is 0 Å². The number of H-pyrrole nitrogens is 1. The Kier molecular flexibility index (Phi) is 12.4. The van der Waals surface area contributed by atoms with Gasteiger partial charge in [0.2, 0.25) is 5.91 Å². The number of hydrogen-bond donors (Lipinski definition) is 3. The first-order chi connectivity index (χ1) is 31.6. The molecule has 338 valence electrons. The summed E-state index contributed by atoms with van der Waals surface area (Å²) in [5.41, 5.74) is 8.64. The third kappa shape index (κ3) is 8.46.